The van der Waals surface area contributed by atoms with E-state index in [1.54, 1.807) is 12.4 Å². The Hall–Kier alpha value is -1.42. The first kappa shape index (κ1) is 12.6. The summed E-state index contributed by atoms with van der Waals surface area (Å²) in [5, 5.41) is 3.48. The number of nitrogens with zero attached hydrogens (tertiary/aromatic N) is 2. The normalized spacial score (nSPS) is 22.4. The molecular weight excluding hydrogens is 238 g/mol. The minimum Gasteiger partial charge on any atom is -0.337 e. The van der Waals surface area contributed by atoms with Crippen LogP contribution >= 0.6 is 0 Å². The van der Waals surface area contributed by atoms with Crippen molar-refractivity contribution >= 4 is 5.91 Å². The summed E-state index contributed by atoms with van der Waals surface area (Å²) in [6.45, 7) is 2.85. The van der Waals surface area contributed by atoms with Crippen LogP contribution in [0.5, 0.6) is 0 Å². The van der Waals surface area contributed by atoms with Gasteiger partial charge in [-0.3, -0.25) is 9.78 Å². The molecule has 1 aromatic rings. The van der Waals surface area contributed by atoms with E-state index in [0.717, 1.165) is 31.1 Å². The van der Waals surface area contributed by atoms with Gasteiger partial charge in [-0.15, -0.1) is 0 Å². The molecule has 0 radical (unpaired) electrons. The molecule has 4 nitrogen and oxygen atoms in total. The van der Waals surface area contributed by atoms with Gasteiger partial charge in [0.25, 0.3) is 5.91 Å². The Morgan fingerprint density at radius 2 is 2.05 bits per heavy atom. The Bertz CT molecular complexity index is 424. The van der Waals surface area contributed by atoms with E-state index in [1.165, 1.54) is 25.7 Å². The highest BCUT2D eigenvalue weighted by Gasteiger charge is 2.29. The van der Waals surface area contributed by atoms with Crippen molar-refractivity contribution in [3.8, 4) is 0 Å². The molecule has 1 saturated carbocycles. The molecule has 19 heavy (non-hydrogen) atoms. The van der Waals surface area contributed by atoms with Gasteiger partial charge in [0.2, 0.25) is 0 Å². The van der Waals surface area contributed by atoms with Gasteiger partial charge in [-0.05, 0) is 50.3 Å². The van der Waals surface area contributed by atoms with Crippen molar-refractivity contribution in [2.45, 2.75) is 31.7 Å². The standard InChI is InChI=1S/C15H21N3O/c19-15(13-5-8-16-9-6-13)18(10-12-3-4-12)11-14-2-1-7-17-14/h5-6,8-9,12,14,17H,1-4,7,10-11H2. The van der Waals surface area contributed by atoms with E-state index in [9.17, 15) is 4.79 Å². The second-order valence-corrected chi connectivity index (χ2v) is 5.68. The lowest BCUT2D eigenvalue weighted by Crippen LogP contribution is -2.42. The number of carbonyl (C=O) groups is 1. The Kier molecular flexibility index (Phi) is 3.78. The third-order valence-electron chi connectivity index (χ3n) is 3.99. The van der Waals surface area contributed by atoms with Crippen molar-refractivity contribution in [3.05, 3.63) is 30.1 Å². The monoisotopic (exact) mass is 259 g/mol. The lowest BCUT2D eigenvalue weighted by molar-refractivity contribution is 0.0733. The van der Waals surface area contributed by atoms with E-state index in [2.05, 4.69) is 10.3 Å². The number of amides is 1. The van der Waals surface area contributed by atoms with Crippen LogP contribution in [0.25, 0.3) is 0 Å². The number of carbonyl (C=O) groups excluding carboxylic acids is 1. The number of aromatic nitrogens is 1. The van der Waals surface area contributed by atoms with Crippen LogP contribution in [0.3, 0.4) is 0 Å². The predicted molar refractivity (Wildman–Crippen MR) is 73.9 cm³/mol. The third kappa shape index (κ3) is 3.32. The molecule has 1 aliphatic carbocycles. The molecule has 4 heteroatoms. The molecule has 1 aromatic heterocycles. The van der Waals surface area contributed by atoms with Crippen LogP contribution in [-0.4, -0.2) is 41.5 Å². The summed E-state index contributed by atoms with van der Waals surface area (Å²) in [6, 6.07) is 4.10. The van der Waals surface area contributed by atoms with E-state index in [4.69, 9.17) is 0 Å². The number of hydrogen-bond acceptors (Lipinski definition) is 3. The average Bonchev–Trinajstić information content (AvgIpc) is 3.12. The van der Waals surface area contributed by atoms with Crippen LogP contribution in [0.2, 0.25) is 0 Å². The van der Waals surface area contributed by atoms with Crippen molar-refractivity contribution in [1.29, 1.82) is 0 Å². The lowest BCUT2D eigenvalue weighted by atomic mass is 10.1. The molecule has 2 heterocycles. The van der Waals surface area contributed by atoms with Crippen molar-refractivity contribution in [2.24, 2.45) is 5.92 Å². The lowest BCUT2D eigenvalue weighted by Gasteiger charge is -2.26. The molecule has 1 amide bonds. The van der Waals surface area contributed by atoms with Crippen LogP contribution < -0.4 is 5.32 Å². The van der Waals surface area contributed by atoms with E-state index in [-0.39, 0.29) is 5.91 Å². The zero-order chi connectivity index (χ0) is 13.1. The van der Waals surface area contributed by atoms with E-state index in [1.807, 2.05) is 17.0 Å². The minimum atomic E-state index is 0.156. The number of pyridine rings is 1. The van der Waals surface area contributed by atoms with Crippen LogP contribution in [0.4, 0.5) is 0 Å². The van der Waals surface area contributed by atoms with Gasteiger partial charge in [0.1, 0.15) is 0 Å². The van der Waals surface area contributed by atoms with Gasteiger partial charge in [0, 0.05) is 37.1 Å². The topological polar surface area (TPSA) is 45.2 Å². The average molecular weight is 259 g/mol. The van der Waals surface area contributed by atoms with Crippen molar-refractivity contribution in [1.82, 2.24) is 15.2 Å². The van der Waals surface area contributed by atoms with Gasteiger partial charge in [-0.25, -0.2) is 0 Å². The molecule has 0 spiro atoms. The summed E-state index contributed by atoms with van der Waals surface area (Å²) >= 11 is 0. The van der Waals surface area contributed by atoms with Crippen molar-refractivity contribution in [2.75, 3.05) is 19.6 Å². The van der Waals surface area contributed by atoms with E-state index in [0.29, 0.717) is 6.04 Å². The first-order valence-electron chi connectivity index (χ1n) is 7.25. The maximum Gasteiger partial charge on any atom is 0.254 e. The fourth-order valence-corrected chi connectivity index (χ4v) is 2.71. The van der Waals surface area contributed by atoms with E-state index < -0.39 is 0 Å². The first-order chi connectivity index (χ1) is 9.33. The molecule has 3 rings (SSSR count). The Labute approximate surface area is 114 Å². The maximum absolute atomic E-state index is 12.6. The van der Waals surface area contributed by atoms with Gasteiger partial charge in [0.05, 0.1) is 0 Å². The summed E-state index contributed by atoms with van der Waals surface area (Å²) in [5.74, 6) is 0.884. The molecule has 1 aliphatic heterocycles. The van der Waals surface area contributed by atoms with Crippen LogP contribution in [0.1, 0.15) is 36.0 Å². The summed E-state index contributed by atoms with van der Waals surface area (Å²) < 4.78 is 0. The summed E-state index contributed by atoms with van der Waals surface area (Å²) in [4.78, 5) is 18.6. The molecule has 102 valence electrons. The maximum atomic E-state index is 12.6. The molecule has 1 saturated heterocycles. The quantitative estimate of drug-likeness (QED) is 0.875. The van der Waals surface area contributed by atoms with Crippen molar-refractivity contribution < 1.29 is 4.79 Å². The SMILES string of the molecule is O=C(c1ccncc1)N(CC1CC1)CC1CCCN1. The third-order valence-corrected chi connectivity index (χ3v) is 3.99. The zero-order valence-electron chi connectivity index (χ0n) is 11.2. The Morgan fingerprint density at radius 1 is 1.26 bits per heavy atom. The smallest absolute Gasteiger partial charge is 0.254 e. The number of hydrogen-bond donors (Lipinski definition) is 1. The number of rotatable bonds is 5. The summed E-state index contributed by atoms with van der Waals surface area (Å²) in [5.41, 5.74) is 0.758. The molecule has 2 aliphatic rings. The summed E-state index contributed by atoms with van der Waals surface area (Å²) in [6.07, 6.45) is 8.35. The highest BCUT2D eigenvalue weighted by Crippen LogP contribution is 2.30. The van der Waals surface area contributed by atoms with Gasteiger partial charge in [-0.1, -0.05) is 0 Å². The number of nitrogens with one attached hydrogen (secondary N) is 1. The molecule has 1 unspecified atom stereocenters. The van der Waals surface area contributed by atoms with Gasteiger partial charge >= 0.3 is 0 Å². The molecule has 2 fully saturated rings. The van der Waals surface area contributed by atoms with Crippen LogP contribution in [0.15, 0.2) is 24.5 Å². The zero-order valence-corrected chi connectivity index (χ0v) is 11.2. The Balaban J connectivity index is 1.68. The predicted octanol–water partition coefficient (Wildman–Crippen LogP) is 1.69. The summed E-state index contributed by atoms with van der Waals surface area (Å²) in [7, 11) is 0. The first-order valence-corrected chi connectivity index (χ1v) is 7.25. The second kappa shape index (κ2) is 5.70. The minimum absolute atomic E-state index is 0.156. The highest BCUT2D eigenvalue weighted by atomic mass is 16.2. The molecule has 0 bridgehead atoms. The van der Waals surface area contributed by atoms with Gasteiger partial charge < -0.3 is 10.2 Å². The van der Waals surface area contributed by atoms with Crippen molar-refractivity contribution in [3.63, 3.8) is 0 Å². The molecule has 1 atom stereocenters. The van der Waals surface area contributed by atoms with Crippen LogP contribution in [0, 0.1) is 5.92 Å². The van der Waals surface area contributed by atoms with E-state index >= 15 is 0 Å². The highest BCUT2D eigenvalue weighted by molar-refractivity contribution is 5.94. The molecular formula is C15H21N3O. The molecule has 0 aromatic carbocycles. The molecule has 1 N–H and O–H groups in total. The largest absolute Gasteiger partial charge is 0.337 e. The fourth-order valence-electron chi connectivity index (χ4n) is 2.71. The van der Waals surface area contributed by atoms with Gasteiger partial charge in [-0.2, -0.15) is 0 Å². The van der Waals surface area contributed by atoms with Gasteiger partial charge in [0.15, 0.2) is 0 Å². The fraction of sp³-hybridized carbons (Fsp3) is 0.600. The van der Waals surface area contributed by atoms with Crippen LogP contribution in [-0.2, 0) is 0 Å². The Morgan fingerprint density at radius 3 is 2.68 bits per heavy atom. The second-order valence-electron chi connectivity index (χ2n) is 5.68.